The summed E-state index contributed by atoms with van der Waals surface area (Å²) in [6.07, 6.45) is 0. The van der Waals surface area contributed by atoms with Crippen LogP contribution < -0.4 is 0 Å². The molecule has 0 unspecified atom stereocenters. The maximum Gasteiger partial charge on any atom is 0.164 e. The van der Waals surface area contributed by atoms with Crippen molar-refractivity contribution >= 4 is 32.3 Å². The molecule has 0 amide bonds. The predicted molar refractivity (Wildman–Crippen MR) is 225 cm³/mol. The third kappa shape index (κ3) is 5.98. The van der Waals surface area contributed by atoms with E-state index in [2.05, 4.69) is 60.7 Å². The van der Waals surface area contributed by atoms with Crippen LogP contribution in [0.3, 0.4) is 0 Å². The van der Waals surface area contributed by atoms with Crippen molar-refractivity contribution in [3.05, 3.63) is 200 Å². The molecule has 0 aliphatic heterocycles. The van der Waals surface area contributed by atoms with Crippen molar-refractivity contribution in [1.29, 1.82) is 0 Å². The van der Waals surface area contributed by atoms with E-state index in [9.17, 15) is 1.37 Å². The molecular weight excluding hydrogens is 655 g/mol. The quantitative estimate of drug-likeness (QED) is 0.174. The van der Waals surface area contributed by atoms with E-state index in [-0.39, 0.29) is 28.4 Å². The zero-order valence-corrected chi connectivity index (χ0v) is 28.9. The van der Waals surface area contributed by atoms with Gasteiger partial charge in [0.1, 0.15) is 0 Å². The monoisotopic (exact) mass is 694 g/mol. The highest BCUT2D eigenvalue weighted by Crippen LogP contribution is 2.37. The minimum Gasteiger partial charge on any atom is -0.208 e. The van der Waals surface area contributed by atoms with E-state index < -0.39 is 30.2 Å². The van der Waals surface area contributed by atoms with Crippen LogP contribution in [0.4, 0.5) is 0 Å². The summed E-state index contributed by atoms with van der Waals surface area (Å²) in [6, 6.07) is 49.2. The molecule has 0 radical (unpaired) electrons. The van der Waals surface area contributed by atoms with Gasteiger partial charge in [-0.05, 0) is 102 Å². The highest BCUT2D eigenvalue weighted by Gasteiger charge is 2.16. The molecule has 0 aliphatic rings. The number of hydrogen-bond donors (Lipinski definition) is 0. The molecule has 10 aromatic rings. The first kappa shape index (κ1) is 24.9. The summed E-state index contributed by atoms with van der Waals surface area (Å²) in [4.78, 5) is 14.9. The Hall–Kier alpha value is -7.23. The van der Waals surface area contributed by atoms with Crippen molar-refractivity contribution in [2.75, 3.05) is 0 Å². The van der Waals surface area contributed by atoms with Crippen LogP contribution in [0, 0.1) is 0 Å². The molecule has 3 heteroatoms. The molecule has 9 aromatic carbocycles. The fourth-order valence-corrected chi connectivity index (χ4v) is 7.01. The van der Waals surface area contributed by atoms with Crippen LogP contribution in [0.5, 0.6) is 0 Å². The van der Waals surface area contributed by atoms with E-state index in [0.29, 0.717) is 28.6 Å². The van der Waals surface area contributed by atoms with Gasteiger partial charge in [0.15, 0.2) is 17.5 Å². The van der Waals surface area contributed by atoms with Crippen LogP contribution in [0.1, 0.15) is 9.60 Å². The number of rotatable bonds is 6. The summed E-state index contributed by atoms with van der Waals surface area (Å²) >= 11 is 0. The van der Waals surface area contributed by atoms with Gasteiger partial charge in [-0.25, -0.2) is 15.0 Å². The minimum absolute atomic E-state index is 0.00503. The standard InChI is InChI=1S/C51H33N3/c1-3-14-36(15-4-1)49-52-50(37-16-5-2-6-17-37)54-51(53-49)46-32-44(31-45(33-46)48-21-11-19-35-13-9-10-20-47(35)48)43-27-26-41-29-40(24-25-42(41)30-43)39-23-22-34-12-7-8-18-38(34)28-39/h1-33H/i9D,10D,11D,13D,19D,20D,21D. The molecule has 1 heterocycles. The molecule has 252 valence electrons. The largest absolute Gasteiger partial charge is 0.208 e. The van der Waals surface area contributed by atoms with Crippen LogP contribution >= 0.6 is 0 Å². The van der Waals surface area contributed by atoms with E-state index in [1.807, 2.05) is 91.0 Å². The molecule has 1 aromatic heterocycles. The Kier molecular flexibility index (Phi) is 6.17. The molecule has 0 atom stereocenters. The minimum atomic E-state index is -0.504. The summed E-state index contributed by atoms with van der Waals surface area (Å²) in [5.41, 5.74) is 6.45. The van der Waals surface area contributed by atoms with Gasteiger partial charge in [0.25, 0.3) is 0 Å². The average Bonchev–Trinajstić information content (AvgIpc) is 3.31. The Balaban J connectivity index is 1.21. The number of fused-ring (bicyclic) bond motifs is 3. The molecular formula is C51H33N3. The molecule has 54 heavy (non-hydrogen) atoms. The van der Waals surface area contributed by atoms with Gasteiger partial charge in [-0.1, -0.05) is 164 Å². The molecule has 0 N–H and O–H groups in total. The summed E-state index contributed by atoms with van der Waals surface area (Å²) < 4.78 is 61.6. The lowest BCUT2D eigenvalue weighted by Crippen LogP contribution is -2.00. The van der Waals surface area contributed by atoms with Crippen molar-refractivity contribution in [2.45, 2.75) is 0 Å². The van der Waals surface area contributed by atoms with Gasteiger partial charge >= 0.3 is 0 Å². The fourth-order valence-electron chi connectivity index (χ4n) is 7.01. The first-order chi connectivity index (χ1) is 29.6. The van der Waals surface area contributed by atoms with E-state index >= 15 is 0 Å². The first-order valence-electron chi connectivity index (χ1n) is 21.2. The maximum absolute atomic E-state index is 9.23. The van der Waals surface area contributed by atoms with Crippen LogP contribution in [-0.2, 0) is 0 Å². The van der Waals surface area contributed by atoms with Crippen molar-refractivity contribution in [2.24, 2.45) is 0 Å². The predicted octanol–water partition coefficient (Wildman–Crippen LogP) is 13.3. The van der Waals surface area contributed by atoms with Gasteiger partial charge in [0.2, 0.25) is 0 Å². The number of aromatic nitrogens is 3. The SMILES string of the molecule is [2H]c1c([2H])c([2H])c2c(-c3cc(-c4ccc5cc(-c6ccc7ccccc7c6)ccc5c4)cc(-c4nc(-c5ccccc5)nc(-c5ccccc5)n4)c3)c([2H])c([2H])c([2H])c2c1[2H]. The Morgan fingerprint density at radius 2 is 0.759 bits per heavy atom. The molecule has 0 bridgehead atoms. The molecule has 3 nitrogen and oxygen atoms in total. The lowest BCUT2D eigenvalue weighted by molar-refractivity contribution is 1.07. The van der Waals surface area contributed by atoms with Gasteiger partial charge in [0.05, 0.1) is 9.60 Å². The molecule has 0 spiro atoms. The van der Waals surface area contributed by atoms with Gasteiger partial charge in [-0.2, -0.15) is 0 Å². The smallest absolute Gasteiger partial charge is 0.164 e. The zero-order chi connectivity index (χ0) is 41.9. The van der Waals surface area contributed by atoms with Gasteiger partial charge < -0.3 is 0 Å². The van der Waals surface area contributed by atoms with Crippen LogP contribution in [0.25, 0.3) is 99.9 Å². The molecule has 10 rings (SSSR count). The highest BCUT2D eigenvalue weighted by atomic mass is 15.0. The van der Waals surface area contributed by atoms with E-state index in [1.165, 1.54) is 10.8 Å². The van der Waals surface area contributed by atoms with Crippen molar-refractivity contribution in [3.8, 4) is 67.5 Å². The summed E-state index contributed by atoms with van der Waals surface area (Å²) in [6.45, 7) is 0. The van der Waals surface area contributed by atoms with Gasteiger partial charge in [-0.15, -0.1) is 0 Å². The van der Waals surface area contributed by atoms with Crippen molar-refractivity contribution < 1.29 is 9.60 Å². The Morgan fingerprint density at radius 3 is 1.41 bits per heavy atom. The normalized spacial score (nSPS) is 13.1. The van der Waals surface area contributed by atoms with Gasteiger partial charge in [0, 0.05) is 16.7 Å². The van der Waals surface area contributed by atoms with E-state index in [1.54, 1.807) is 6.07 Å². The molecule has 0 aliphatic carbocycles. The zero-order valence-electron chi connectivity index (χ0n) is 35.9. The van der Waals surface area contributed by atoms with E-state index in [0.717, 1.165) is 44.2 Å². The third-order valence-corrected chi connectivity index (χ3v) is 9.75. The summed E-state index contributed by atoms with van der Waals surface area (Å²) in [7, 11) is 0. The first-order valence-corrected chi connectivity index (χ1v) is 17.7. The van der Waals surface area contributed by atoms with Crippen LogP contribution in [0.15, 0.2) is 200 Å². The highest BCUT2D eigenvalue weighted by molar-refractivity contribution is 5.99. The number of nitrogens with zero attached hydrogens (tertiary/aromatic N) is 3. The second kappa shape index (κ2) is 13.4. The fraction of sp³-hybridized carbons (Fsp3) is 0. The Bertz CT molecular complexity index is 3330. The lowest BCUT2D eigenvalue weighted by Gasteiger charge is -2.14. The second-order valence-electron chi connectivity index (χ2n) is 13.2. The van der Waals surface area contributed by atoms with E-state index in [4.69, 9.17) is 23.2 Å². The van der Waals surface area contributed by atoms with Crippen molar-refractivity contribution in [3.63, 3.8) is 0 Å². The Morgan fingerprint density at radius 1 is 0.296 bits per heavy atom. The maximum atomic E-state index is 9.23. The average molecular weight is 695 g/mol. The third-order valence-electron chi connectivity index (χ3n) is 9.75. The van der Waals surface area contributed by atoms with Crippen LogP contribution in [0.2, 0.25) is 0 Å². The van der Waals surface area contributed by atoms with Gasteiger partial charge in [-0.3, -0.25) is 0 Å². The second-order valence-corrected chi connectivity index (χ2v) is 13.2. The number of hydrogen-bond acceptors (Lipinski definition) is 3. The summed E-state index contributed by atoms with van der Waals surface area (Å²) in [5, 5.41) is 4.29. The molecule has 0 saturated carbocycles. The van der Waals surface area contributed by atoms with Crippen molar-refractivity contribution in [1.82, 2.24) is 15.0 Å². The van der Waals surface area contributed by atoms with Crippen LogP contribution in [-0.4, -0.2) is 15.0 Å². The Labute approximate surface area is 323 Å². The lowest BCUT2D eigenvalue weighted by atomic mass is 9.92. The number of benzene rings is 9. The summed E-state index contributed by atoms with van der Waals surface area (Å²) in [5.74, 6) is 1.26. The topological polar surface area (TPSA) is 38.7 Å². The molecule has 0 saturated heterocycles. The molecule has 0 fully saturated rings.